The summed E-state index contributed by atoms with van der Waals surface area (Å²) in [6.07, 6.45) is 3.24. The second-order valence-electron chi connectivity index (χ2n) is 6.53. The van der Waals surface area contributed by atoms with E-state index in [0.29, 0.717) is 15.8 Å². The summed E-state index contributed by atoms with van der Waals surface area (Å²) in [6, 6.07) is 14.9. The first kappa shape index (κ1) is 18.2. The smallest absolute Gasteiger partial charge is 0.206 e. The lowest BCUT2D eigenvalue weighted by molar-refractivity contribution is 0.435. The molecule has 0 unspecified atom stereocenters. The fourth-order valence-corrected chi connectivity index (χ4v) is 5.14. The third kappa shape index (κ3) is 3.41. The second kappa shape index (κ2) is 7.36. The Labute approximate surface area is 155 Å². The number of anilines is 1. The molecule has 0 amide bonds. The Morgan fingerprint density at radius 2 is 1.68 bits per heavy atom. The van der Waals surface area contributed by atoms with E-state index in [2.05, 4.69) is 10.2 Å². The van der Waals surface area contributed by atoms with E-state index in [4.69, 9.17) is 0 Å². The van der Waals surface area contributed by atoms with Crippen molar-refractivity contribution < 1.29 is 8.42 Å². The predicted molar refractivity (Wildman–Crippen MR) is 103 cm³/mol. The van der Waals surface area contributed by atoms with Gasteiger partial charge in [-0.3, -0.25) is 0 Å². The van der Waals surface area contributed by atoms with Gasteiger partial charge in [0.25, 0.3) is 0 Å². The maximum absolute atomic E-state index is 12.8. The Bertz CT molecular complexity index is 834. The van der Waals surface area contributed by atoms with Crippen molar-refractivity contribution in [3.8, 4) is 0 Å². The molecule has 0 aliphatic carbocycles. The van der Waals surface area contributed by atoms with Crippen molar-refractivity contribution in [3.63, 3.8) is 0 Å². The highest BCUT2D eigenvalue weighted by molar-refractivity contribution is 7.91. The molecule has 2 heterocycles. The van der Waals surface area contributed by atoms with Crippen LogP contribution in [-0.2, 0) is 16.3 Å². The minimum Gasteiger partial charge on any atom is -0.368 e. The maximum atomic E-state index is 12.8. The van der Waals surface area contributed by atoms with Crippen LogP contribution in [0.25, 0.3) is 0 Å². The van der Waals surface area contributed by atoms with Gasteiger partial charge < -0.3 is 10.2 Å². The zero-order valence-corrected chi connectivity index (χ0v) is 15.7. The van der Waals surface area contributed by atoms with Crippen molar-refractivity contribution in [2.24, 2.45) is 0 Å². The molecule has 0 radical (unpaired) electrons. The van der Waals surface area contributed by atoms with E-state index in [1.165, 1.54) is 5.69 Å². The fraction of sp³-hybridized carbons (Fsp3) is 0.368. The van der Waals surface area contributed by atoms with Gasteiger partial charge >= 0.3 is 0 Å². The average molecular weight is 379 g/mol. The molecule has 1 fully saturated rings. The van der Waals surface area contributed by atoms with Crippen LogP contribution in [0.5, 0.6) is 0 Å². The lowest BCUT2D eigenvalue weighted by Gasteiger charge is -2.33. The Balaban J connectivity index is 0.00000182. The van der Waals surface area contributed by atoms with Crippen molar-refractivity contribution in [1.82, 2.24) is 5.32 Å². The van der Waals surface area contributed by atoms with Gasteiger partial charge in [0.1, 0.15) is 0 Å². The van der Waals surface area contributed by atoms with Gasteiger partial charge in [0.05, 0.1) is 9.79 Å². The number of nitrogens with one attached hydrogen (secondary N) is 1. The molecular weight excluding hydrogens is 356 g/mol. The first-order chi connectivity index (χ1) is 11.7. The predicted octanol–water partition coefficient (Wildman–Crippen LogP) is 3.06. The summed E-state index contributed by atoms with van der Waals surface area (Å²) in [5.41, 5.74) is 2.37. The molecule has 4 rings (SSSR count). The van der Waals surface area contributed by atoms with Crippen LogP contribution in [0.15, 0.2) is 58.3 Å². The number of fused-ring (bicyclic) bond motifs is 1. The van der Waals surface area contributed by atoms with E-state index < -0.39 is 9.84 Å². The first-order valence-corrected chi connectivity index (χ1v) is 10.0. The van der Waals surface area contributed by atoms with Gasteiger partial charge in [-0.1, -0.05) is 18.2 Å². The summed E-state index contributed by atoms with van der Waals surface area (Å²) < 4.78 is 25.6. The van der Waals surface area contributed by atoms with Crippen LogP contribution >= 0.6 is 12.4 Å². The molecule has 0 saturated carbocycles. The van der Waals surface area contributed by atoms with Gasteiger partial charge in [-0.15, -0.1) is 12.4 Å². The van der Waals surface area contributed by atoms with Crippen LogP contribution in [0.2, 0.25) is 0 Å². The monoisotopic (exact) mass is 378 g/mol. The van der Waals surface area contributed by atoms with Gasteiger partial charge in [-0.05, 0) is 68.2 Å². The number of nitrogens with zero attached hydrogens (tertiary/aromatic N) is 1. The van der Waals surface area contributed by atoms with Crippen LogP contribution in [-0.4, -0.2) is 34.1 Å². The molecule has 1 saturated heterocycles. The molecule has 1 N–H and O–H groups in total. The maximum Gasteiger partial charge on any atom is 0.206 e. The molecule has 0 bridgehead atoms. The minimum absolute atomic E-state index is 0. The normalized spacial score (nSPS) is 17.8. The fourth-order valence-electron chi connectivity index (χ4n) is 3.80. The lowest BCUT2D eigenvalue weighted by Crippen LogP contribution is -2.42. The minimum atomic E-state index is -3.43. The highest BCUT2D eigenvalue weighted by Crippen LogP contribution is 2.34. The van der Waals surface area contributed by atoms with E-state index in [-0.39, 0.29) is 12.4 Å². The SMILES string of the molecule is Cl.O=S(=O)(c1ccccc1)c1ccc2c(c1)CCN2C1CCNCC1. The second-order valence-corrected chi connectivity index (χ2v) is 8.48. The largest absolute Gasteiger partial charge is 0.368 e. The molecule has 25 heavy (non-hydrogen) atoms. The van der Waals surface area contributed by atoms with Crippen LogP contribution < -0.4 is 10.2 Å². The van der Waals surface area contributed by atoms with E-state index >= 15 is 0 Å². The third-order valence-electron chi connectivity index (χ3n) is 5.10. The number of hydrogen-bond donors (Lipinski definition) is 1. The molecule has 0 atom stereocenters. The Morgan fingerprint density at radius 1 is 0.960 bits per heavy atom. The molecule has 134 valence electrons. The highest BCUT2D eigenvalue weighted by atomic mass is 35.5. The number of halogens is 1. The zero-order chi connectivity index (χ0) is 16.6. The molecule has 0 aromatic heterocycles. The van der Waals surface area contributed by atoms with Gasteiger partial charge in [0.15, 0.2) is 0 Å². The Hall–Kier alpha value is -1.56. The molecular formula is C19H23ClN2O2S. The summed E-state index contributed by atoms with van der Waals surface area (Å²) in [4.78, 5) is 3.23. The van der Waals surface area contributed by atoms with Crippen LogP contribution in [0.1, 0.15) is 18.4 Å². The molecule has 2 aromatic rings. The molecule has 2 aliphatic heterocycles. The highest BCUT2D eigenvalue weighted by Gasteiger charge is 2.28. The standard InChI is InChI=1S/C19H22N2O2S.ClH/c22-24(23,17-4-2-1-3-5-17)18-6-7-19-15(14-18)10-13-21(19)16-8-11-20-12-9-16;/h1-7,14,16,20H,8-13H2;1H. The Morgan fingerprint density at radius 3 is 2.40 bits per heavy atom. The topological polar surface area (TPSA) is 49.4 Å². The van der Waals surface area contributed by atoms with Gasteiger partial charge in [-0.2, -0.15) is 0 Å². The summed E-state index contributed by atoms with van der Waals surface area (Å²) in [5.74, 6) is 0. The van der Waals surface area contributed by atoms with Gasteiger partial charge in [0, 0.05) is 18.3 Å². The number of rotatable bonds is 3. The van der Waals surface area contributed by atoms with Crippen LogP contribution in [0, 0.1) is 0 Å². The summed E-state index contributed by atoms with van der Waals surface area (Å²) in [7, 11) is -3.43. The quantitative estimate of drug-likeness (QED) is 0.891. The number of hydrogen-bond acceptors (Lipinski definition) is 4. The molecule has 0 spiro atoms. The van der Waals surface area contributed by atoms with Crippen molar-refractivity contribution in [3.05, 3.63) is 54.1 Å². The van der Waals surface area contributed by atoms with Gasteiger partial charge in [0.2, 0.25) is 9.84 Å². The van der Waals surface area contributed by atoms with Crippen molar-refractivity contribution >= 4 is 27.9 Å². The number of piperidine rings is 1. The lowest BCUT2D eigenvalue weighted by atomic mass is 10.0. The average Bonchev–Trinajstić information content (AvgIpc) is 3.06. The van der Waals surface area contributed by atoms with Crippen molar-refractivity contribution in [2.75, 3.05) is 24.5 Å². The number of sulfone groups is 1. The Kier molecular flexibility index (Phi) is 5.37. The molecule has 2 aliphatic rings. The van der Waals surface area contributed by atoms with Crippen molar-refractivity contribution in [1.29, 1.82) is 0 Å². The molecule has 6 heteroatoms. The van der Waals surface area contributed by atoms with E-state index in [1.54, 1.807) is 30.3 Å². The molecule has 4 nitrogen and oxygen atoms in total. The van der Waals surface area contributed by atoms with E-state index in [1.807, 2.05) is 18.2 Å². The zero-order valence-electron chi connectivity index (χ0n) is 14.0. The van der Waals surface area contributed by atoms with Crippen molar-refractivity contribution in [2.45, 2.75) is 35.1 Å². The van der Waals surface area contributed by atoms with Gasteiger partial charge in [-0.25, -0.2) is 8.42 Å². The van der Waals surface area contributed by atoms with E-state index in [9.17, 15) is 8.42 Å². The number of benzene rings is 2. The first-order valence-electron chi connectivity index (χ1n) is 8.57. The summed E-state index contributed by atoms with van der Waals surface area (Å²) >= 11 is 0. The third-order valence-corrected chi connectivity index (χ3v) is 6.86. The summed E-state index contributed by atoms with van der Waals surface area (Å²) in [6.45, 7) is 3.13. The summed E-state index contributed by atoms with van der Waals surface area (Å²) in [5, 5.41) is 3.40. The molecule has 2 aromatic carbocycles. The van der Waals surface area contributed by atoms with E-state index in [0.717, 1.165) is 44.5 Å². The van der Waals surface area contributed by atoms with Crippen LogP contribution in [0.4, 0.5) is 5.69 Å². The van der Waals surface area contributed by atoms with Crippen LogP contribution in [0.3, 0.4) is 0 Å².